The Bertz CT molecular complexity index is 1180. The normalized spacial score (nSPS) is 11.1. The van der Waals surface area contributed by atoms with Crippen molar-refractivity contribution < 1.29 is 4.79 Å². The molecule has 1 heterocycles. The standard InChI is InChI=1S/C26H25Cl2N3O/c27-21-13-9-19(10-14-21)18-31-24-7-4-3-6-23(24)30-25(31)8-2-1-5-17-29-26(32)20-11-15-22(28)16-12-20/h3-4,6-7,9-16H,1-2,5,8,17-18H2,(H,29,32). The monoisotopic (exact) mass is 465 g/mol. The molecule has 4 nitrogen and oxygen atoms in total. The van der Waals surface area contributed by atoms with Crippen molar-refractivity contribution in [2.75, 3.05) is 6.54 Å². The summed E-state index contributed by atoms with van der Waals surface area (Å²) in [5, 5.41) is 4.35. The van der Waals surface area contributed by atoms with Gasteiger partial charge in [-0.25, -0.2) is 4.98 Å². The van der Waals surface area contributed by atoms with Gasteiger partial charge in [0.05, 0.1) is 11.0 Å². The van der Waals surface area contributed by atoms with E-state index in [1.54, 1.807) is 24.3 Å². The van der Waals surface area contributed by atoms with E-state index >= 15 is 0 Å². The van der Waals surface area contributed by atoms with E-state index in [1.807, 2.05) is 18.2 Å². The lowest BCUT2D eigenvalue weighted by Gasteiger charge is -2.10. The van der Waals surface area contributed by atoms with Gasteiger partial charge >= 0.3 is 0 Å². The van der Waals surface area contributed by atoms with Gasteiger partial charge in [0.25, 0.3) is 5.91 Å². The molecule has 32 heavy (non-hydrogen) atoms. The molecule has 4 rings (SSSR count). The zero-order valence-corrected chi connectivity index (χ0v) is 19.2. The van der Waals surface area contributed by atoms with Gasteiger partial charge in [0, 0.05) is 35.1 Å². The maximum Gasteiger partial charge on any atom is 0.251 e. The average molecular weight is 466 g/mol. The number of halogens is 2. The third-order valence-electron chi connectivity index (χ3n) is 5.46. The number of amides is 1. The Hall–Kier alpha value is -2.82. The molecule has 0 aliphatic heterocycles. The van der Waals surface area contributed by atoms with Crippen LogP contribution in [0.5, 0.6) is 0 Å². The summed E-state index contributed by atoms with van der Waals surface area (Å²) in [7, 11) is 0. The maximum atomic E-state index is 12.2. The van der Waals surface area contributed by atoms with Gasteiger partial charge in [0.1, 0.15) is 5.82 Å². The lowest BCUT2D eigenvalue weighted by Crippen LogP contribution is -2.24. The highest BCUT2D eigenvalue weighted by molar-refractivity contribution is 6.30. The Morgan fingerprint density at radius 3 is 2.28 bits per heavy atom. The fourth-order valence-corrected chi connectivity index (χ4v) is 4.01. The summed E-state index contributed by atoms with van der Waals surface area (Å²) >= 11 is 11.9. The number of unbranched alkanes of at least 4 members (excludes halogenated alkanes) is 2. The Morgan fingerprint density at radius 2 is 1.53 bits per heavy atom. The highest BCUT2D eigenvalue weighted by Gasteiger charge is 2.11. The molecule has 3 aromatic carbocycles. The molecular formula is C26H25Cl2N3O. The van der Waals surface area contributed by atoms with Gasteiger partial charge in [-0.05, 0) is 66.9 Å². The number of para-hydroxylation sites is 2. The number of aromatic nitrogens is 2. The number of nitrogens with one attached hydrogen (secondary N) is 1. The van der Waals surface area contributed by atoms with Gasteiger partial charge < -0.3 is 9.88 Å². The molecule has 0 bridgehead atoms. The van der Waals surface area contributed by atoms with Gasteiger partial charge in [-0.2, -0.15) is 0 Å². The van der Waals surface area contributed by atoms with E-state index in [2.05, 4.69) is 40.2 Å². The molecular weight excluding hydrogens is 441 g/mol. The summed E-state index contributed by atoms with van der Waals surface area (Å²) in [6.07, 6.45) is 3.86. The van der Waals surface area contributed by atoms with Crippen molar-refractivity contribution in [3.05, 3.63) is 99.8 Å². The molecule has 164 valence electrons. The Morgan fingerprint density at radius 1 is 0.844 bits per heavy atom. The van der Waals surface area contributed by atoms with Gasteiger partial charge in [0.15, 0.2) is 0 Å². The molecule has 0 aliphatic rings. The molecule has 1 amide bonds. The van der Waals surface area contributed by atoms with Crippen LogP contribution in [-0.4, -0.2) is 22.0 Å². The molecule has 0 aliphatic carbocycles. The lowest BCUT2D eigenvalue weighted by atomic mass is 10.1. The highest BCUT2D eigenvalue weighted by atomic mass is 35.5. The van der Waals surface area contributed by atoms with Crippen LogP contribution in [0.3, 0.4) is 0 Å². The molecule has 6 heteroatoms. The van der Waals surface area contributed by atoms with E-state index < -0.39 is 0 Å². The van der Waals surface area contributed by atoms with Crippen LogP contribution in [-0.2, 0) is 13.0 Å². The van der Waals surface area contributed by atoms with Crippen LogP contribution in [0.25, 0.3) is 11.0 Å². The summed E-state index contributed by atoms with van der Waals surface area (Å²) in [5.74, 6) is 1.03. The zero-order chi connectivity index (χ0) is 22.3. The quantitative estimate of drug-likeness (QED) is 0.285. The third-order valence-corrected chi connectivity index (χ3v) is 5.96. The van der Waals surface area contributed by atoms with Crippen LogP contribution in [0, 0.1) is 0 Å². The van der Waals surface area contributed by atoms with Crippen molar-refractivity contribution in [2.45, 2.75) is 32.2 Å². The van der Waals surface area contributed by atoms with E-state index in [9.17, 15) is 4.79 Å². The van der Waals surface area contributed by atoms with Crippen molar-refractivity contribution in [3.63, 3.8) is 0 Å². The second-order valence-corrected chi connectivity index (χ2v) is 8.68. The fraction of sp³-hybridized carbons (Fsp3) is 0.231. The summed E-state index contributed by atoms with van der Waals surface area (Å²) in [6.45, 7) is 1.42. The van der Waals surface area contributed by atoms with Crippen LogP contribution in [0.15, 0.2) is 72.8 Å². The smallest absolute Gasteiger partial charge is 0.251 e. The summed E-state index contributed by atoms with van der Waals surface area (Å²) < 4.78 is 2.29. The highest BCUT2D eigenvalue weighted by Crippen LogP contribution is 2.20. The van der Waals surface area contributed by atoms with Crippen LogP contribution >= 0.6 is 23.2 Å². The predicted molar refractivity (Wildman–Crippen MR) is 132 cm³/mol. The first kappa shape index (κ1) is 22.4. The van der Waals surface area contributed by atoms with Gasteiger partial charge in [-0.3, -0.25) is 4.79 Å². The van der Waals surface area contributed by atoms with E-state index in [0.717, 1.165) is 54.1 Å². The molecule has 0 saturated carbocycles. The van der Waals surface area contributed by atoms with Crippen molar-refractivity contribution in [3.8, 4) is 0 Å². The van der Waals surface area contributed by atoms with Crippen molar-refractivity contribution in [1.82, 2.24) is 14.9 Å². The molecule has 4 aromatic rings. The first-order chi connectivity index (χ1) is 15.6. The lowest BCUT2D eigenvalue weighted by molar-refractivity contribution is 0.0953. The number of benzene rings is 3. The van der Waals surface area contributed by atoms with Crippen LogP contribution in [0.1, 0.15) is 41.0 Å². The van der Waals surface area contributed by atoms with Crippen molar-refractivity contribution >= 4 is 40.1 Å². The number of fused-ring (bicyclic) bond motifs is 1. The van der Waals surface area contributed by atoms with Gasteiger partial charge in [-0.1, -0.05) is 53.9 Å². The second kappa shape index (κ2) is 10.7. The van der Waals surface area contributed by atoms with Crippen LogP contribution in [0.2, 0.25) is 10.0 Å². The number of hydrogen-bond donors (Lipinski definition) is 1. The van der Waals surface area contributed by atoms with E-state index in [4.69, 9.17) is 28.2 Å². The topological polar surface area (TPSA) is 46.9 Å². The maximum absolute atomic E-state index is 12.2. The number of rotatable bonds is 9. The predicted octanol–water partition coefficient (Wildman–Crippen LogP) is 6.53. The van der Waals surface area contributed by atoms with Crippen molar-refractivity contribution in [2.24, 2.45) is 0 Å². The number of hydrogen-bond acceptors (Lipinski definition) is 2. The minimum absolute atomic E-state index is 0.0635. The van der Waals surface area contributed by atoms with E-state index in [0.29, 0.717) is 17.1 Å². The number of nitrogens with zero attached hydrogens (tertiary/aromatic N) is 2. The Labute approximate surface area is 198 Å². The van der Waals surface area contributed by atoms with Crippen LogP contribution < -0.4 is 5.32 Å². The molecule has 0 fully saturated rings. The number of aryl methyl sites for hydroxylation is 1. The molecule has 1 aromatic heterocycles. The second-order valence-electron chi connectivity index (χ2n) is 7.80. The van der Waals surface area contributed by atoms with Gasteiger partial charge in [0.2, 0.25) is 0 Å². The van der Waals surface area contributed by atoms with E-state index in [-0.39, 0.29) is 5.91 Å². The number of carbonyl (C=O) groups excluding carboxylic acids is 1. The van der Waals surface area contributed by atoms with Gasteiger partial charge in [-0.15, -0.1) is 0 Å². The zero-order valence-electron chi connectivity index (χ0n) is 17.7. The first-order valence-corrected chi connectivity index (χ1v) is 11.6. The first-order valence-electron chi connectivity index (χ1n) is 10.8. The summed E-state index contributed by atoms with van der Waals surface area (Å²) in [6, 6.07) is 23.2. The molecule has 0 unspecified atom stereocenters. The Kier molecular flexibility index (Phi) is 7.46. The molecule has 0 atom stereocenters. The minimum Gasteiger partial charge on any atom is -0.352 e. The molecule has 1 N–H and O–H groups in total. The summed E-state index contributed by atoms with van der Waals surface area (Å²) in [5.41, 5.74) is 3.99. The van der Waals surface area contributed by atoms with Crippen LogP contribution in [0.4, 0.5) is 0 Å². The largest absolute Gasteiger partial charge is 0.352 e. The molecule has 0 saturated heterocycles. The molecule has 0 radical (unpaired) electrons. The Balaban J connectivity index is 1.31. The number of imidazole rings is 1. The molecule has 0 spiro atoms. The summed E-state index contributed by atoms with van der Waals surface area (Å²) in [4.78, 5) is 17.0. The van der Waals surface area contributed by atoms with Crippen molar-refractivity contribution in [1.29, 1.82) is 0 Å². The number of carbonyl (C=O) groups is 1. The minimum atomic E-state index is -0.0635. The SMILES string of the molecule is O=C(NCCCCCc1nc2ccccc2n1Cc1ccc(Cl)cc1)c1ccc(Cl)cc1. The fourth-order valence-electron chi connectivity index (χ4n) is 3.76. The van der Waals surface area contributed by atoms with E-state index in [1.165, 1.54) is 5.56 Å². The third kappa shape index (κ3) is 5.70. The average Bonchev–Trinajstić information content (AvgIpc) is 3.15.